The molecule has 0 spiro atoms. The Labute approximate surface area is 450 Å². The molecule has 17 nitrogen and oxygen atoms in total. The maximum absolute atomic E-state index is 13.6. The third-order valence-corrected chi connectivity index (χ3v) is 14.1. The van der Waals surface area contributed by atoms with Crippen molar-refractivity contribution in [3.05, 3.63) is 0 Å². The zero-order chi connectivity index (χ0) is 55.3. The van der Waals surface area contributed by atoms with Gasteiger partial charge < -0.3 is 50.0 Å². The normalized spacial score (nSPS) is 17.9. The van der Waals surface area contributed by atoms with Crippen LogP contribution in [-0.2, 0) is 52.5 Å². The number of rotatable bonds is 51. The molecule has 0 unspecified atom stereocenters. The van der Waals surface area contributed by atoms with Gasteiger partial charge in [-0.15, -0.1) is 0 Å². The lowest BCUT2D eigenvalue weighted by Crippen LogP contribution is -2.66. The summed E-state index contributed by atoms with van der Waals surface area (Å²) in [5, 5.41) is 46.1. The fraction of sp³-hybridized carbons (Fsp3) is 0.879. The fourth-order valence-electron chi connectivity index (χ4n) is 9.56. The van der Waals surface area contributed by atoms with Gasteiger partial charge in [0, 0.05) is 25.7 Å². The Kier molecular flexibility index (Phi) is 42.7. The molecule has 0 aromatic heterocycles. The average Bonchev–Trinajstić information content (AvgIpc) is 3.36. The Balaban J connectivity index is 3.21. The first-order chi connectivity index (χ1) is 36.2. The molecule has 1 heterocycles. The van der Waals surface area contributed by atoms with E-state index < -0.39 is 110 Å². The van der Waals surface area contributed by atoms with Gasteiger partial charge in [0.1, 0.15) is 30.9 Å². The number of carboxylic acid groups (broad SMARTS) is 3. The van der Waals surface area contributed by atoms with Gasteiger partial charge in [-0.3, -0.25) is 28.8 Å². The van der Waals surface area contributed by atoms with Crippen molar-refractivity contribution in [2.24, 2.45) is 0 Å². The number of hydrogen-bond donors (Lipinski definition) is 6. The van der Waals surface area contributed by atoms with Gasteiger partial charge in [-0.05, 0) is 25.7 Å². The van der Waals surface area contributed by atoms with Crippen LogP contribution < -0.4 is 10.6 Å². The average molecular weight is 1070 g/mol. The van der Waals surface area contributed by atoms with Crippen molar-refractivity contribution in [3.63, 3.8) is 0 Å². The number of nitrogens with one attached hydrogen (secondary N) is 2. The second-order valence-electron chi connectivity index (χ2n) is 21.1. The van der Waals surface area contributed by atoms with Crippen LogP contribution in [0.15, 0.2) is 0 Å². The molecule has 1 saturated heterocycles. The third-order valence-electron chi connectivity index (χ3n) is 14.1. The number of aliphatic carboxylic acids is 3. The summed E-state index contributed by atoms with van der Waals surface area (Å²) in [6.45, 7) is 5.85. The van der Waals surface area contributed by atoms with Gasteiger partial charge in [-0.25, -0.2) is 4.79 Å². The van der Waals surface area contributed by atoms with Crippen molar-refractivity contribution >= 4 is 41.7 Å². The summed E-state index contributed by atoms with van der Waals surface area (Å²) in [4.78, 5) is 89.3. The molecular weight excluding hydrogens is 965 g/mol. The summed E-state index contributed by atoms with van der Waals surface area (Å²) in [6, 6.07) is -2.82. The Morgan fingerprint density at radius 2 is 0.880 bits per heavy atom. The number of aliphatic hydroxyl groups excluding tert-OH is 1. The SMILES string of the molecule is CCCCCCCCCCCCCC(=O)N[C@H]1[C@@H](OC(CC(=O)O)CC(=O)O)O[C@H](COC(=O)[C@@H](CCC(=O)O)NC(=O)CCCCCCCCCCCCC)[C@@H](O)[C@@H]1OC(=O)CCCCCCCCCCCCC. The van der Waals surface area contributed by atoms with Crippen LogP contribution in [-0.4, -0.2) is 111 Å². The van der Waals surface area contributed by atoms with Crippen molar-refractivity contribution in [1.29, 1.82) is 0 Å². The minimum Gasteiger partial charge on any atom is -0.481 e. The third kappa shape index (κ3) is 37.6. The number of carbonyl (C=O) groups is 7. The van der Waals surface area contributed by atoms with Crippen molar-refractivity contribution in [1.82, 2.24) is 10.6 Å². The molecule has 2 amide bonds. The molecule has 1 rings (SSSR count). The molecule has 0 aliphatic carbocycles. The van der Waals surface area contributed by atoms with Gasteiger partial charge in [0.2, 0.25) is 11.8 Å². The molecule has 0 aromatic carbocycles. The van der Waals surface area contributed by atoms with Crippen LogP contribution in [0.3, 0.4) is 0 Å². The van der Waals surface area contributed by atoms with Crippen LogP contribution in [0.5, 0.6) is 0 Å². The summed E-state index contributed by atoms with van der Waals surface area (Å²) >= 11 is 0. The number of aliphatic hydroxyl groups is 1. The molecule has 436 valence electrons. The van der Waals surface area contributed by atoms with Gasteiger partial charge in [0.25, 0.3) is 0 Å². The lowest BCUT2D eigenvalue weighted by atomic mass is 9.95. The second kappa shape index (κ2) is 46.3. The summed E-state index contributed by atoms with van der Waals surface area (Å²) < 4.78 is 23.6. The van der Waals surface area contributed by atoms with Crippen LogP contribution in [0.1, 0.15) is 278 Å². The molecule has 1 fully saturated rings. The largest absolute Gasteiger partial charge is 0.481 e. The summed E-state index contributed by atoms with van der Waals surface area (Å²) in [7, 11) is 0. The van der Waals surface area contributed by atoms with E-state index >= 15 is 0 Å². The summed E-state index contributed by atoms with van der Waals surface area (Å²) in [6.07, 6.45) is 25.1. The highest BCUT2D eigenvalue weighted by molar-refractivity contribution is 5.85. The molecule has 75 heavy (non-hydrogen) atoms. The number of ether oxygens (including phenoxy) is 4. The molecule has 1 aliphatic heterocycles. The fourth-order valence-corrected chi connectivity index (χ4v) is 9.56. The number of esters is 2. The Hall–Kier alpha value is -3.83. The first-order valence-electron chi connectivity index (χ1n) is 29.8. The van der Waals surface area contributed by atoms with Crippen LogP contribution in [0, 0.1) is 0 Å². The smallest absolute Gasteiger partial charge is 0.328 e. The van der Waals surface area contributed by atoms with E-state index in [4.69, 9.17) is 18.9 Å². The molecule has 0 radical (unpaired) electrons. The van der Waals surface area contributed by atoms with Gasteiger partial charge in [-0.2, -0.15) is 0 Å². The van der Waals surface area contributed by atoms with E-state index in [1.165, 1.54) is 109 Å². The minimum atomic E-state index is -1.77. The first kappa shape index (κ1) is 69.2. The molecular formula is C58H104N2O15. The highest BCUT2D eigenvalue weighted by Crippen LogP contribution is 2.29. The summed E-state index contributed by atoms with van der Waals surface area (Å²) in [5.74, 6) is -6.63. The van der Waals surface area contributed by atoms with Gasteiger partial charge in [0.05, 0.1) is 18.9 Å². The van der Waals surface area contributed by atoms with Crippen molar-refractivity contribution in [2.45, 2.75) is 320 Å². The van der Waals surface area contributed by atoms with Crippen LogP contribution in [0.4, 0.5) is 0 Å². The lowest BCUT2D eigenvalue weighted by Gasteiger charge is -2.44. The Morgan fingerprint density at radius 1 is 0.493 bits per heavy atom. The van der Waals surface area contributed by atoms with Crippen molar-refractivity contribution < 1.29 is 72.9 Å². The number of amides is 2. The summed E-state index contributed by atoms with van der Waals surface area (Å²) in [5.41, 5.74) is 0. The van der Waals surface area contributed by atoms with E-state index in [0.29, 0.717) is 19.3 Å². The van der Waals surface area contributed by atoms with Crippen LogP contribution in [0.25, 0.3) is 0 Å². The Bertz CT molecular complexity index is 1510. The monoisotopic (exact) mass is 1070 g/mol. The standard InChI is InChI=1S/C58H104N2O15/c1-4-7-10-13-16-19-22-25-28-31-34-37-48(61)59-46(40-41-50(63)64)57(71)72-44-47-55(70)56(75-53(69)39-36-33-30-27-24-21-18-15-12-9-6-3)54(58(74-47)73-45(42-51(65)66)43-52(67)68)60-49(62)38-35-32-29-26-23-20-17-14-11-8-5-2/h45-47,54-56,58,70H,4-44H2,1-3H3,(H,59,61)(H,60,62)(H,63,64)(H,65,66)(H,67,68)/t46-,47-,54-,55-,56-,58+/m1/s1. The van der Waals surface area contributed by atoms with E-state index in [0.717, 1.165) is 83.5 Å². The van der Waals surface area contributed by atoms with E-state index in [1.54, 1.807) is 0 Å². The van der Waals surface area contributed by atoms with E-state index in [9.17, 15) is 54.0 Å². The topological polar surface area (TPSA) is 261 Å². The zero-order valence-corrected chi connectivity index (χ0v) is 46.8. The molecule has 6 atom stereocenters. The van der Waals surface area contributed by atoms with Crippen LogP contribution >= 0.6 is 0 Å². The number of hydrogen-bond acceptors (Lipinski definition) is 12. The van der Waals surface area contributed by atoms with Crippen LogP contribution in [0.2, 0.25) is 0 Å². The quantitative estimate of drug-likeness (QED) is 0.0244. The van der Waals surface area contributed by atoms with E-state index in [2.05, 4.69) is 31.4 Å². The molecule has 6 N–H and O–H groups in total. The van der Waals surface area contributed by atoms with Gasteiger partial charge >= 0.3 is 29.8 Å². The van der Waals surface area contributed by atoms with Crippen molar-refractivity contribution in [2.75, 3.05) is 6.61 Å². The lowest BCUT2D eigenvalue weighted by molar-refractivity contribution is -0.286. The molecule has 0 saturated carbocycles. The first-order valence-corrected chi connectivity index (χ1v) is 29.8. The highest BCUT2D eigenvalue weighted by atomic mass is 16.7. The molecule has 17 heteroatoms. The molecule has 1 aliphatic rings. The van der Waals surface area contributed by atoms with Gasteiger partial charge in [-0.1, -0.05) is 213 Å². The molecule has 0 bridgehead atoms. The maximum Gasteiger partial charge on any atom is 0.328 e. The second-order valence-corrected chi connectivity index (χ2v) is 21.1. The highest BCUT2D eigenvalue weighted by Gasteiger charge is 2.50. The minimum absolute atomic E-state index is 0.0174. The van der Waals surface area contributed by atoms with Gasteiger partial charge in [0.15, 0.2) is 12.4 Å². The van der Waals surface area contributed by atoms with Crippen molar-refractivity contribution in [3.8, 4) is 0 Å². The Morgan fingerprint density at radius 3 is 1.28 bits per heavy atom. The number of carboxylic acids is 3. The predicted molar refractivity (Wildman–Crippen MR) is 289 cm³/mol. The zero-order valence-electron chi connectivity index (χ0n) is 46.8. The molecule has 0 aromatic rings. The van der Waals surface area contributed by atoms with E-state index in [-0.39, 0.29) is 25.7 Å². The maximum atomic E-state index is 13.6. The number of unbranched alkanes of at least 4 members (excludes halogenated alkanes) is 30. The predicted octanol–water partition coefficient (Wildman–Crippen LogP) is 11.8. The van der Waals surface area contributed by atoms with E-state index in [1.807, 2.05) is 0 Å². The number of carbonyl (C=O) groups excluding carboxylic acids is 4.